The molecule has 1 saturated heterocycles. The van der Waals surface area contributed by atoms with Crippen molar-refractivity contribution < 1.29 is 30.6 Å². The number of aryl methyl sites for hydroxylation is 6. The Labute approximate surface area is 601 Å². The van der Waals surface area contributed by atoms with E-state index in [9.17, 15) is 30.6 Å². The molecule has 9 heteroatoms. The van der Waals surface area contributed by atoms with E-state index in [1.807, 2.05) is 0 Å². The minimum atomic E-state index is -0.357. The molecule has 7 rings (SSSR count). The van der Waals surface area contributed by atoms with Crippen LogP contribution in [0.4, 0.5) is 0 Å². The van der Waals surface area contributed by atoms with E-state index in [2.05, 4.69) is 298 Å². The van der Waals surface area contributed by atoms with Gasteiger partial charge in [-0.1, -0.05) is 242 Å². The fourth-order valence-electron chi connectivity index (χ4n) is 15.7. The van der Waals surface area contributed by atoms with Crippen LogP contribution in [0.2, 0.25) is 0 Å². The Morgan fingerprint density at radius 1 is 0.242 bits per heavy atom. The van der Waals surface area contributed by atoms with E-state index in [-0.39, 0.29) is 67.2 Å². The number of hydrogen-bond donors (Lipinski definition) is 6. The van der Waals surface area contributed by atoms with Crippen molar-refractivity contribution in [2.75, 3.05) is 0 Å². The van der Waals surface area contributed by atoms with Crippen LogP contribution in [0.15, 0.2) is 54.6 Å². The van der Waals surface area contributed by atoms with E-state index < -0.39 is 0 Å². The number of aromatic hydroxyl groups is 6. The molecule has 1 aliphatic rings. The normalized spacial score (nSPS) is 17.1. The molecular weight excluding hydrogens is 1220 g/mol. The fourth-order valence-corrected chi connectivity index (χ4v) is 15.7. The Morgan fingerprint density at radius 3 is 0.545 bits per heavy atom. The van der Waals surface area contributed by atoms with Crippen LogP contribution in [0, 0.1) is 41.5 Å². The van der Waals surface area contributed by atoms with Crippen LogP contribution in [0.25, 0.3) is 0 Å². The highest BCUT2D eigenvalue weighted by molar-refractivity contribution is 5.56. The highest BCUT2D eigenvalue weighted by Gasteiger charge is 2.48. The third-order valence-electron chi connectivity index (χ3n) is 21.9. The van der Waals surface area contributed by atoms with Gasteiger partial charge in [-0.05, 0) is 246 Å². The van der Waals surface area contributed by atoms with Gasteiger partial charge in [0.25, 0.3) is 0 Å². The molecule has 0 spiro atoms. The molecule has 1 fully saturated rings. The summed E-state index contributed by atoms with van der Waals surface area (Å²) in [4.78, 5) is 8.31. The maximum Gasteiger partial charge on any atom is 0.123 e. The third-order valence-corrected chi connectivity index (χ3v) is 21.9. The van der Waals surface area contributed by atoms with Gasteiger partial charge < -0.3 is 30.6 Å². The van der Waals surface area contributed by atoms with Gasteiger partial charge in [-0.25, -0.2) is 0 Å². The zero-order chi connectivity index (χ0) is 75.3. The SMILES string of the molecule is Cc1cc(C(C)(C)C)c(O)c(C)c1CN1C(CCc2cc(C(C)(C)C)c(O)c(C(C)(C)C)c2)N(Cc2c(C)cc(C(C)(C)C)c(O)c2C)C(CCc2cc(C(C)(C)C)c(O)c(C(C)(C)C)c2)N(Cc2c(C)cc(C(C)(C)C)c(O)c2C)C1CCc1cc(C(C)(C)C)c(O)c(C(C)(C)C)c1. The minimum absolute atomic E-state index is 0.295. The van der Waals surface area contributed by atoms with Crippen molar-refractivity contribution in [1.82, 2.24) is 14.7 Å². The summed E-state index contributed by atoms with van der Waals surface area (Å²) >= 11 is 0. The van der Waals surface area contributed by atoms with E-state index in [1.165, 1.54) is 0 Å². The molecule has 6 N–H and O–H groups in total. The Kier molecular flexibility index (Phi) is 22.7. The summed E-state index contributed by atoms with van der Waals surface area (Å²) in [7, 11) is 0. The van der Waals surface area contributed by atoms with Crippen LogP contribution in [-0.2, 0) is 87.6 Å². The van der Waals surface area contributed by atoms with Gasteiger partial charge in [0.2, 0.25) is 0 Å². The number of phenolic OH excluding ortho intramolecular Hbond substituents is 6. The van der Waals surface area contributed by atoms with Crippen molar-refractivity contribution in [1.29, 1.82) is 0 Å². The van der Waals surface area contributed by atoms with Crippen molar-refractivity contribution in [3.63, 3.8) is 0 Å². The largest absolute Gasteiger partial charge is 0.507 e. The first-order valence-corrected chi connectivity index (χ1v) is 37.1. The van der Waals surface area contributed by atoms with E-state index >= 15 is 0 Å². The summed E-state index contributed by atoms with van der Waals surface area (Å²) in [6, 6.07) is 20.2. The Bertz CT molecular complexity index is 3420. The third kappa shape index (κ3) is 17.4. The molecule has 0 unspecified atom stereocenters. The van der Waals surface area contributed by atoms with Crippen molar-refractivity contribution in [2.24, 2.45) is 0 Å². The van der Waals surface area contributed by atoms with Crippen molar-refractivity contribution in [3.8, 4) is 34.5 Å². The van der Waals surface area contributed by atoms with E-state index in [0.717, 1.165) is 117 Å². The summed E-state index contributed by atoms with van der Waals surface area (Å²) in [5.41, 5.74) is 17.8. The summed E-state index contributed by atoms with van der Waals surface area (Å²) in [6.07, 6.45) is 3.16. The van der Waals surface area contributed by atoms with E-state index in [4.69, 9.17) is 0 Å². The van der Waals surface area contributed by atoms with Crippen LogP contribution >= 0.6 is 0 Å². The zero-order valence-corrected chi connectivity index (χ0v) is 68.3. The smallest absolute Gasteiger partial charge is 0.123 e. The predicted octanol–water partition coefficient (Wildman–Crippen LogP) is 22.1. The van der Waals surface area contributed by atoms with Crippen molar-refractivity contribution in [2.45, 2.75) is 354 Å². The number of benzene rings is 6. The van der Waals surface area contributed by atoms with Crippen molar-refractivity contribution in [3.05, 3.63) is 171 Å². The van der Waals surface area contributed by atoms with Crippen LogP contribution in [0.1, 0.15) is 323 Å². The van der Waals surface area contributed by atoms with Crippen LogP contribution < -0.4 is 0 Å². The lowest BCUT2D eigenvalue weighted by molar-refractivity contribution is -0.191. The molecule has 99 heavy (non-hydrogen) atoms. The summed E-state index contributed by atoms with van der Waals surface area (Å²) < 4.78 is 0. The van der Waals surface area contributed by atoms with Gasteiger partial charge in [0.1, 0.15) is 34.5 Å². The van der Waals surface area contributed by atoms with Gasteiger partial charge in [-0.15, -0.1) is 0 Å². The molecule has 1 aliphatic heterocycles. The summed E-state index contributed by atoms with van der Waals surface area (Å²) in [5, 5.41) is 75.0. The molecule has 0 atom stereocenters. The molecule has 0 saturated carbocycles. The Hall–Kier alpha value is -6.00. The lowest BCUT2D eigenvalue weighted by Gasteiger charge is -2.59. The molecule has 0 aromatic heterocycles. The van der Waals surface area contributed by atoms with Gasteiger partial charge in [0.05, 0.1) is 18.5 Å². The maximum atomic E-state index is 12.7. The first kappa shape index (κ1) is 80.3. The lowest BCUT2D eigenvalue weighted by atomic mass is 9.77. The first-order valence-electron chi connectivity index (χ1n) is 37.1. The van der Waals surface area contributed by atoms with Gasteiger partial charge in [-0.3, -0.25) is 14.7 Å². The topological polar surface area (TPSA) is 131 Å². The second kappa shape index (κ2) is 28.0. The molecule has 0 amide bonds. The quantitative estimate of drug-likeness (QED) is 0.0595. The Balaban J connectivity index is 1.71. The molecule has 6 aromatic carbocycles. The fraction of sp³-hybridized carbons (Fsp3) is 0.600. The van der Waals surface area contributed by atoms with E-state index in [1.54, 1.807) is 0 Å². The first-order chi connectivity index (χ1) is 44.8. The van der Waals surface area contributed by atoms with E-state index in [0.29, 0.717) is 92.7 Å². The molecule has 0 radical (unpaired) electrons. The van der Waals surface area contributed by atoms with Gasteiger partial charge >= 0.3 is 0 Å². The molecule has 546 valence electrons. The average molecular weight is 1360 g/mol. The Morgan fingerprint density at radius 2 is 0.394 bits per heavy atom. The standard InChI is InChI=1S/C90H135N3O6/c1-52-40-64(82(7,8)9)76(94)55(4)61(52)49-91-73(37-34-58-43-67(85(16,17)18)79(97)68(44-58)86(19,20)21)92(50-62-53(2)41-65(83(10,11)12)77(95)56(62)5)75(39-36-60-47-71(89(28,29)30)81(99)72(48-60)90(31,32)33)93(51-63-54(3)42-66(84(13,14)15)78(96)57(63)6)74(91)38-35-59-45-69(87(22,23)24)80(98)70(46-59)88(25,26)27/h40-48,73-75,94-99H,34-39,49-51H2,1-33H3. The van der Waals surface area contributed by atoms with Gasteiger partial charge in [0, 0.05) is 19.6 Å². The van der Waals surface area contributed by atoms with Crippen LogP contribution in [0.3, 0.4) is 0 Å². The number of nitrogens with zero attached hydrogens (tertiary/aromatic N) is 3. The van der Waals surface area contributed by atoms with Gasteiger partial charge in [-0.2, -0.15) is 0 Å². The number of phenols is 6. The minimum Gasteiger partial charge on any atom is -0.507 e. The highest BCUT2D eigenvalue weighted by atomic mass is 16.3. The van der Waals surface area contributed by atoms with Crippen LogP contribution in [-0.4, -0.2) is 63.8 Å². The molecule has 9 nitrogen and oxygen atoms in total. The lowest BCUT2D eigenvalue weighted by Crippen LogP contribution is -2.70. The summed E-state index contributed by atoms with van der Waals surface area (Å²) in [6.45, 7) is 73.3. The maximum absolute atomic E-state index is 12.7. The molecule has 0 bridgehead atoms. The monoisotopic (exact) mass is 1350 g/mol. The molecule has 1 heterocycles. The molecule has 0 aliphatic carbocycles. The van der Waals surface area contributed by atoms with Crippen LogP contribution in [0.5, 0.6) is 34.5 Å². The van der Waals surface area contributed by atoms with Gasteiger partial charge in [0.15, 0.2) is 0 Å². The zero-order valence-electron chi connectivity index (χ0n) is 68.3. The molecule has 6 aromatic rings. The molecular formula is C90H135N3O6. The predicted molar refractivity (Wildman–Crippen MR) is 418 cm³/mol. The highest BCUT2D eigenvalue weighted by Crippen LogP contribution is 2.49. The summed E-state index contributed by atoms with van der Waals surface area (Å²) in [5.74, 6) is 2.03. The second-order valence-corrected chi connectivity index (χ2v) is 39.5. The average Bonchev–Trinajstić information content (AvgIpc) is 0.740. The number of hydrogen-bond acceptors (Lipinski definition) is 9. The van der Waals surface area contributed by atoms with Crippen molar-refractivity contribution >= 4 is 0 Å². The number of rotatable bonds is 15. The second-order valence-electron chi connectivity index (χ2n) is 39.5.